The van der Waals surface area contributed by atoms with E-state index in [4.69, 9.17) is 0 Å². The highest BCUT2D eigenvalue weighted by Gasteiger charge is 2.18. The molecule has 0 radical (unpaired) electrons. The molecule has 0 saturated carbocycles. The van der Waals surface area contributed by atoms with Crippen molar-refractivity contribution in [1.29, 1.82) is 0 Å². The Morgan fingerprint density at radius 2 is 1.27 bits per heavy atom. The molecule has 3 aromatic carbocycles. The van der Waals surface area contributed by atoms with Gasteiger partial charge in [0.15, 0.2) is 0 Å². The summed E-state index contributed by atoms with van der Waals surface area (Å²) < 4.78 is 27.3. The van der Waals surface area contributed by atoms with Crippen molar-refractivity contribution in [2.45, 2.75) is 18.7 Å². The van der Waals surface area contributed by atoms with Crippen molar-refractivity contribution in [3.63, 3.8) is 0 Å². The predicted molar refractivity (Wildman–Crippen MR) is 106 cm³/mol. The minimum absolute atomic E-state index is 0.295. The Balaban J connectivity index is 1.80. The minimum Gasteiger partial charge on any atom is -0.241 e. The zero-order valence-electron chi connectivity index (χ0n) is 14.7. The lowest BCUT2D eigenvalue weighted by Gasteiger charge is -2.09. The first-order chi connectivity index (χ1) is 12.4. The van der Waals surface area contributed by atoms with Crippen molar-refractivity contribution < 1.29 is 8.42 Å². The average molecular weight is 361 g/mol. The molecule has 0 amide bonds. The molecule has 0 atom stereocenters. The van der Waals surface area contributed by atoms with Crippen LogP contribution in [-0.4, -0.2) is 12.4 Å². The lowest BCUT2D eigenvalue weighted by molar-refractivity contribution is 0.589. The molecule has 0 aliphatic heterocycles. The molecule has 26 heavy (non-hydrogen) atoms. The molecule has 1 heterocycles. The smallest absolute Gasteiger partial charge is 0.241 e. The maximum atomic E-state index is 13.0. The first-order valence-corrected chi connectivity index (χ1v) is 9.89. The normalized spacial score (nSPS) is 11.8. The molecule has 0 saturated heterocycles. The van der Waals surface area contributed by atoms with Crippen LogP contribution < -0.4 is 0 Å². The lowest BCUT2D eigenvalue weighted by Crippen LogP contribution is -2.11. The number of nitrogens with zero attached hydrogens (tertiary/aromatic N) is 1. The highest BCUT2D eigenvalue weighted by Crippen LogP contribution is 2.28. The number of hydrogen-bond donors (Lipinski definition) is 0. The zero-order valence-corrected chi connectivity index (χ0v) is 15.5. The Bertz CT molecular complexity index is 1190. The van der Waals surface area contributed by atoms with E-state index in [2.05, 4.69) is 31.2 Å². The summed E-state index contributed by atoms with van der Waals surface area (Å²) in [6.07, 6.45) is 1.62. The average Bonchev–Trinajstić information content (AvgIpc) is 3.06. The van der Waals surface area contributed by atoms with Crippen molar-refractivity contribution in [2.24, 2.45) is 0 Å². The van der Waals surface area contributed by atoms with Gasteiger partial charge in [0.1, 0.15) is 0 Å². The number of aromatic nitrogens is 1. The van der Waals surface area contributed by atoms with Gasteiger partial charge in [-0.1, -0.05) is 53.6 Å². The van der Waals surface area contributed by atoms with Gasteiger partial charge in [-0.25, -0.2) is 12.4 Å². The van der Waals surface area contributed by atoms with Crippen LogP contribution in [0.25, 0.3) is 22.0 Å². The van der Waals surface area contributed by atoms with Gasteiger partial charge in [0.05, 0.1) is 10.4 Å². The number of rotatable bonds is 3. The number of benzene rings is 3. The van der Waals surface area contributed by atoms with E-state index >= 15 is 0 Å². The van der Waals surface area contributed by atoms with Gasteiger partial charge in [0.25, 0.3) is 10.0 Å². The van der Waals surface area contributed by atoms with Gasteiger partial charge < -0.3 is 0 Å². The fraction of sp³-hybridized carbons (Fsp3) is 0.0909. The molecular weight excluding hydrogens is 342 g/mol. The molecule has 130 valence electrons. The van der Waals surface area contributed by atoms with E-state index in [9.17, 15) is 8.42 Å². The summed E-state index contributed by atoms with van der Waals surface area (Å²) in [7, 11) is -3.61. The molecule has 0 fully saturated rings. The zero-order chi connectivity index (χ0) is 18.3. The van der Waals surface area contributed by atoms with Crippen molar-refractivity contribution >= 4 is 20.9 Å². The summed E-state index contributed by atoms with van der Waals surface area (Å²) in [5, 5.41) is 0.902. The molecular formula is C22H19NO2S. The van der Waals surface area contributed by atoms with E-state index in [1.807, 2.05) is 43.3 Å². The first-order valence-electron chi connectivity index (χ1n) is 8.45. The maximum absolute atomic E-state index is 13.0. The minimum atomic E-state index is -3.61. The van der Waals surface area contributed by atoms with E-state index in [1.165, 1.54) is 9.54 Å². The summed E-state index contributed by atoms with van der Waals surface area (Å²) in [6, 6.07) is 23.0. The number of fused-ring (bicyclic) bond motifs is 1. The van der Waals surface area contributed by atoms with Crippen LogP contribution in [0.15, 0.2) is 83.9 Å². The standard InChI is InChI=1S/C22H19NO2S/c1-16-3-7-18(8-4-16)19-9-12-22-20(15-19)13-14-23(22)26(24,25)21-10-5-17(2)6-11-21/h3-15H,1-2H3. The third-order valence-corrected chi connectivity index (χ3v) is 6.32. The molecule has 4 aromatic rings. The summed E-state index contributed by atoms with van der Waals surface area (Å²) in [5.41, 5.74) is 5.12. The molecule has 1 aromatic heterocycles. The van der Waals surface area contributed by atoms with Crippen LogP contribution >= 0.6 is 0 Å². The van der Waals surface area contributed by atoms with E-state index in [1.54, 1.807) is 18.3 Å². The molecule has 3 nitrogen and oxygen atoms in total. The van der Waals surface area contributed by atoms with Gasteiger partial charge in [-0.2, -0.15) is 0 Å². The van der Waals surface area contributed by atoms with Crippen molar-refractivity contribution in [3.8, 4) is 11.1 Å². The SMILES string of the molecule is Cc1ccc(-c2ccc3c(ccn3S(=O)(=O)c3ccc(C)cc3)c2)cc1. The summed E-state index contributed by atoms with van der Waals surface area (Å²) in [4.78, 5) is 0.295. The fourth-order valence-corrected chi connectivity index (χ4v) is 4.43. The second kappa shape index (κ2) is 6.15. The molecule has 0 N–H and O–H groups in total. The van der Waals surface area contributed by atoms with Crippen LogP contribution in [0.1, 0.15) is 11.1 Å². The Kier molecular flexibility index (Phi) is 3.93. The van der Waals surface area contributed by atoms with Crippen LogP contribution in [-0.2, 0) is 10.0 Å². The van der Waals surface area contributed by atoms with Gasteiger partial charge >= 0.3 is 0 Å². The molecule has 4 rings (SSSR count). The highest BCUT2D eigenvalue weighted by molar-refractivity contribution is 7.90. The van der Waals surface area contributed by atoms with E-state index in [-0.39, 0.29) is 0 Å². The van der Waals surface area contributed by atoms with E-state index in [0.717, 1.165) is 22.1 Å². The Morgan fingerprint density at radius 1 is 0.692 bits per heavy atom. The van der Waals surface area contributed by atoms with Gasteiger partial charge in [-0.15, -0.1) is 0 Å². The fourth-order valence-electron chi connectivity index (χ4n) is 3.08. The summed E-state index contributed by atoms with van der Waals surface area (Å²) >= 11 is 0. The summed E-state index contributed by atoms with van der Waals surface area (Å²) in [6.45, 7) is 4.00. The number of aryl methyl sites for hydroxylation is 2. The number of hydrogen-bond acceptors (Lipinski definition) is 2. The Morgan fingerprint density at radius 3 is 1.92 bits per heavy atom. The van der Waals surface area contributed by atoms with Gasteiger partial charge in [0.2, 0.25) is 0 Å². The monoisotopic (exact) mass is 361 g/mol. The predicted octanol–water partition coefficient (Wildman–Crippen LogP) is 5.16. The Labute approximate surface area is 153 Å². The molecule has 0 bridgehead atoms. The maximum Gasteiger partial charge on any atom is 0.268 e. The van der Waals surface area contributed by atoms with Crippen molar-refractivity contribution in [3.05, 3.63) is 90.1 Å². The largest absolute Gasteiger partial charge is 0.268 e. The molecule has 4 heteroatoms. The third kappa shape index (κ3) is 2.82. The highest BCUT2D eigenvalue weighted by atomic mass is 32.2. The molecule has 0 spiro atoms. The van der Waals surface area contributed by atoms with Crippen LogP contribution in [0.2, 0.25) is 0 Å². The van der Waals surface area contributed by atoms with Crippen molar-refractivity contribution in [2.75, 3.05) is 0 Å². The van der Waals surface area contributed by atoms with E-state index in [0.29, 0.717) is 10.4 Å². The van der Waals surface area contributed by atoms with Crippen LogP contribution in [0.3, 0.4) is 0 Å². The second-order valence-corrected chi connectivity index (χ2v) is 8.38. The second-order valence-electron chi connectivity index (χ2n) is 6.57. The summed E-state index contributed by atoms with van der Waals surface area (Å²) in [5.74, 6) is 0. The molecule has 0 aliphatic rings. The van der Waals surface area contributed by atoms with Crippen molar-refractivity contribution in [1.82, 2.24) is 3.97 Å². The van der Waals surface area contributed by atoms with Gasteiger partial charge in [-0.05, 0) is 55.3 Å². The van der Waals surface area contributed by atoms with Gasteiger partial charge in [-0.3, -0.25) is 0 Å². The quantitative estimate of drug-likeness (QED) is 0.505. The Hall–Kier alpha value is -2.85. The first kappa shape index (κ1) is 16.6. The topological polar surface area (TPSA) is 39.1 Å². The molecule has 0 aliphatic carbocycles. The van der Waals surface area contributed by atoms with E-state index < -0.39 is 10.0 Å². The lowest BCUT2D eigenvalue weighted by atomic mass is 10.0. The van der Waals surface area contributed by atoms with Crippen LogP contribution in [0, 0.1) is 13.8 Å². The van der Waals surface area contributed by atoms with Crippen LogP contribution in [0.4, 0.5) is 0 Å². The molecule has 0 unspecified atom stereocenters. The third-order valence-electron chi connectivity index (χ3n) is 4.62. The van der Waals surface area contributed by atoms with Gasteiger partial charge in [0, 0.05) is 11.6 Å². The van der Waals surface area contributed by atoms with Crippen LogP contribution in [0.5, 0.6) is 0 Å².